The summed E-state index contributed by atoms with van der Waals surface area (Å²) in [5.41, 5.74) is 16.5. The predicted molar refractivity (Wildman–Crippen MR) is 120 cm³/mol. The van der Waals surface area contributed by atoms with Crippen molar-refractivity contribution in [2.24, 2.45) is 0 Å². The molecule has 0 fully saturated rings. The summed E-state index contributed by atoms with van der Waals surface area (Å²) in [6.45, 7) is 0. The fraction of sp³-hybridized carbons (Fsp3) is 0.208. The first kappa shape index (κ1) is 19.1. The Kier molecular flexibility index (Phi) is 4.58. The van der Waals surface area contributed by atoms with E-state index in [4.69, 9.17) is 16.2 Å². The third kappa shape index (κ3) is 3.28. The number of aromatic nitrogens is 2. The molecule has 7 nitrogen and oxygen atoms in total. The molecule has 0 radical (unpaired) electrons. The second kappa shape index (κ2) is 7.43. The summed E-state index contributed by atoms with van der Waals surface area (Å²) in [6, 6.07) is 17.8. The molecule has 0 bridgehead atoms. The van der Waals surface area contributed by atoms with Crippen LogP contribution < -0.4 is 21.5 Å². The first-order chi connectivity index (χ1) is 15.0. The third-order valence-electron chi connectivity index (χ3n) is 6.07. The number of methoxy groups -OCH3 is 1. The molecule has 2 heterocycles. The number of nitrogens with two attached hydrogens (primary N) is 2. The van der Waals surface area contributed by atoms with Crippen molar-refractivity contribution in [2.75, 3.05) is 23.9 Å². The molecule has 7 heteroatoms. The Morgan fingerprint density at radius 2 is 1.71 bits per heavy atom. The van der Waals surface area contributed by atoms with E-state index in [-0.39, 0.29) is 29.4 Å². The maximum atomic E-state index is 13.5. The lowest BCUT2D eigenvalue weighted by Crippen LogP contribution is -2.31. The van der Waals surface area contributed by atoms with Crippen molar-refractivity contribution in [2.45, 2.75) is 24.7 Å². The van der Waals surface area contributed by atoms with E-state index in [0.717, 1.165) is 28.1 Å². The zero-order valence-corrected chi connectivity index (χ0v) is 17.1. The van der Waals surface area contributed by atoms with Crippen molar-refractivity contribution in [3.05, 3.63) is 82.6 Å². The Hall–Kier alpha value is -3.87. The predicted octanol–water partition coefficient (Wildman–Crippen LogP) is 3.61. The van der Waals surface area contributed by atoms with Gasteiger partial charge in [0.1, 0.15) is 17.4 Å². The van der Waals surface area contributed by atoms with E-state index in [0.29, 0.717) is 24.2 Å². The van der Waals surface area contributed by atoms with E-state index < -0.39 is 0 Å². The molecule has 1 aromatic heterocycles. The van der Waals surface area contributed by atoms with Crippen LogP contribution in [0.25, 0.3) is 0 Å². The molecule has 2 aliphatic rings. The Balaban J connectivity index is 1.65. The number of hydrogen-bond acceptors (Lipinski definition) is 7. The number of nitrogens with zero attached hydrogens (tertiary/aromatic N) is 2. The van der Waals surface area contributed by atoms with Crippen molar-refractivity contribution in [3.63, 3.8) is 0 Å². The molecule has 0 spiro atoms. The Morgan fingerprint density at radius 1 is 0.968 bits per heavy atom. The van der Waals surface area contributed by atoms with E-state index in [9.17, 15) is 4.79 Å². The minimum atomic E-state index is -0.359. The highest BCUT2D eigenvalue weighted by atomic mass is 16.5. The summed E-state index contributed by atoms with van der Waals surface area (Å²) in [5, 5.41) is 3.36. The number of Topliss-reactive ketones (excluding diaryl/α,β-unsaturated/α-hetero) is 1. The third-order valence-corrected chi connectivity index (χ3v) is 6.07. The van der Waals surface area contributed by atoms with Crippen LogP contribution in [-0.4, -0.2) is 22.9 Å². The van der Waals surface area contributed by atoms with Crippen LogP contribution in [0, 0.1) is 0 Å². The van der Waals surface area contributed by atoms with Gasteiger partial charge < -0.3 is 21.5 Å². The van der Waals surface area contributed by atoms with E-state index in [2.05, 4.69) is 27.4 Å². The molecule has 2 unspecified atom stereocenters. The Bertz CT molecular complexity index is 1190. The lowest BCUT2D eigenvalue weighted by atomic mass is 9.72. The SMILES string of the molecule is COc1ccc(C2C3=C(CC(c4ccccc4)CC3=O)Nc3nc(N)nc(N)c32)cc1. The van der Waals surface area contributed by atoms with Crippen molar-refractivity contribution in [3.8, 4) is 5.75 Å². The molecule has 156 valence electrons. The number of nitrogen functional groups attached to an aromatic ring is 2. The van der Waals surface area contributed by atoms with Crippen LogP contribution in [0.1, 0.15) is 41.4 Å². The van der Waals surface area contributed by atoms with Gasteiger partial charge in [0, 0.05) is 29.2 Å². The van der Waals surface area contributed by atoms with Gasteiger partial charge in [-0.2, -0.15) is 9.97 Å². The van der Waals surface area contributed by atoms with Crippen LogP contribution in [0.2, 0.25) is 0 Å². The first-order valence-corrected chi connectivity index (χ1v) is 10.2. The summed E-state index contributed by atoms with van der Waals surface area (Å²) < 4.78 is 5.30. The monoisotopic (exact) mass is 413 g/mol. The van der Waals surface area contributed by atoms with E-state index in [1.54, 1.807) is 7.11 Å². The van der Waals surface area contributed by atoms with Crippen LogP contribution >= 0.6 is 0 Å². The summed E-state index contributed by atoms with van der Waals surface area (Å²) in [6.07, 6.45) is 1.16. The first-order valence-electron chi connectivity index (χ1n) is 10.2. The number of rotatable bonds is 3. The number of ketones is 1. The van der Waals surface area contributed by atoms with Gasteiger partial charge >= 0.3 is 0 Å². The molecule has 1 aliphatic carbocycles. The molecule has 0 saturated heterocycles. The van der Waals surface area contributed by atoms with Crippen molar-refractivity contribution >= 4 is 23.4 Å². The minimum Gasteiger partial charge on any atom is -0.497 e. The van der Waals surface area contributed by atoms with Gasteiger partial charge in [0.25, 0.3) is 0 Å². The van der Waals surface area contributed by atoms with Gasteiger partial charge in [0.05, 0.1) is 7.11 Å². The number of carbonyl (C=O) groups is 1. The fourth-order valence-electron chi connectivity index (χ4n) is 4.65. The maximum Gasteiger partial charge on any atom is 0.223 e. The summed E-state index contributed by atoms with van der Waals surface area (Å²) in [4.78, 5) is 22.0. The fourth-order valence-corrected chi connectivity index (χ4v) is 4.65. The molecule has 31 heavy (non-hydrogen) atoms. The Morgan fingerprint density at radius 3 is 2.42 bits per heavy atom. The van der Waals surface area contributed by atoms with E-state index in [1.807, 2.05) is 42.5 Å². The maximum absolute atomic E-state index is 13.5. The zero-order chi connectivity index (χ0) is 21.5. The summed E-state index contributed by atoms with van der Waals surface area (Å²) >= 11 is 0. The molecule has 3 aromatic rings. The number of allylic oxidation sites excluding steroid dienone is 2. The molecular weight excluding hydrogens is 390 g/mol. The number of nitrogens with one attached hydrogen (secondary N) is 1. The second-order valence-corrected chi connectivity index (χ2v) is 7.89. The molecule has 5 rings (SSSR count). The number of carbonyl (C=O) groups excluding carboxylic acids is 1. The zero-order valence-electron chi connectivity index (χ0n) is 17.1. The molecular formula is C24H23N5O2. The average molecular weight is 413 g/mol. The van der Waals surface area contributed by atoms with Gasteiger partial charge in [-0.3, -0.25) is 4.79 Å². The standard InChI is InChI=1S/C24H23N5O2/c1-31-16-9-7-14(8-10-16)19-20-17(27-23-21(19)22(25)28-24(26)29-23)11-15(12-18(20)30)13-5-3-2-4-6-13/h2-10,15,19H,11-12H2,1H3,(H5,25,26,27,28,29). The minimum absolute atomic E-state index is 0.100. The number of fused-ring (bicyclic) bond motifs is 1. The summed E-state index contributed by atoms with van der Waals surface area (Å²) in [7, 11) is 1.62. The quantitative estimate of drug-likeness (QED) is 0.601. The van der Waals surface area contributed by atoms with Crippen LogP contribution in [-0.2, 0) is 4.79 Å². The number of ether oxygens (including phenoxy) is 1. The van der Waals surface area contributed by atoms with Gasteiger partial charge in [-0.25, -0.2) is 0 Å². The highest BCUT2D eigenvalue weighted by Crippen LogP contribution is 2.49. The van der Waals surface area contributed by atoms with Crippen molar-refractivity contribution in [1.29, 1.82) is 0 Å². The van der Waals surface area contributed by atoms with Crippen molar-refractivity contribution < 1.29 is 9.53 Å². The number of hydrogen-bond donors (Lipinski definition) is 3. The van der Waals surface area contributed by atoms with Gasteiger partial charge in [-0.1, -0.05) is 42.5 Å². The van der Waals surface area contributed by atoms with Crippen molar-refractivity contribution in [1.82, 2.24) is 9.97 Å². The van der Waals surface area contributed by atoms with Gasteiger partial charge in [0.2, 0.25) is 5.95 Å². The number of benzene rings is 2. The smallest absolute Gasteiger partial charge is 0.223 e. The normalized spacial score (nSPS) is 20.0. The molecule has 2 aromatic carbocycles. The van der Waals surface area contributed by atoms with Crippen LogP contribution in [0.4, 0.5) is 17.6 Å². The highest BCUT2D eigenvalue weighted by molar-refractivity contribution is 6.02. The molecule has 0 amide bonds. The van der Waals surface area contributed by atoms with Crippen LogP contribution in [0.15, 0.2) is 65.9 Å². The highest BCUT2D eigenvalue weighted by Gasteiger charge is 2.40. The van der Waals surface area contributed by atoms with E-state index in [1.165, 1.54) is 0 Å². The average Bonchev–Trinajstić information content (AvgIpc) is 2.78. The van der Waals surface area contributed by atoms with Gasteiger partial charge in [-0.15, -0.1) is 0 Å². The van der Waals surface area contributed by atoms with Crippen LogP contribution in [0.5, 0.6) is 5.75 Å². The largest absolute Gasteiger partial charge is 0.497 e. The molecule has 5 N–H and O–H groups in total. The number of anilines is 3. The lowest BCUT2D eigenvalue weighted by Gasteiger charge is -2.36. The summed E-state index contributed by atoms with van der Waals surface area (Å²) in [5.74, 6) is 1.53. The van der Waals surface area contributed by atoms with Gasteiger partial charge in [0.15, 0.2) is 5.78 Å². The van der Waals surface area contributed by atoms with Gasteiger partial charge in [-0.05, 0) is 35.6 Å². The molecule has 2 atom stereocenters. The molecule has 0 saturated carbocycles. The topological polar surface area (TPSA) is 116 Å². The lowest BCUT2D eigenvalue weighted by molar-refractivity contribution is -0.116. The van der Waals surface area contributed by atoms with E-state index >= 15 is 0 Å². The van der Waals surface area contributed by atoms with Crippen LogP contribution in [0.3, 0.4) is 0 Å². The Labute approximate surface area is 180 Å². The molecule has 1 aliphatic heterocycles. The second-order valence-electron chi connectivity index (χ2n) is 7.89.